The fourth-order valence-electron chi connectivity index (χ4n) is 2.75. The minimum atomic E-state index is -0.169. The Kier molecular flexibility index (Phi) is 5.80. The Morgan fingerprint density at radius 3 is 2.35 bits per heavy atom. The summed E-state index contributed by atoms with van der Waals surface area (Å²) < 4.78 is 12.9. The highest BCUT2D eigenvalue weighted by Gasteiger charge is 2.17. The third kappa shape index (κ3) is 4.46. The molecule has 1 fully saturated rings. The summed E-state index contributed by atoms with van der Waals surface area (Å²) in [4.78, 5) is 4.80. The molecule has 1 aliphatic heterocycles. The molecule has 0 radical (unpaired) electrons. The van der Waals surface area contributed by atoms with E-state index in [0.29, 0.717) is 6.04 Å². The van der Waals surface area contributed by atoms with E-state index >= 15 is 0 Å². The van der Waals surface area contributed by atoms with Gasteiger partial charge in [0.1, 0.15) is 5.82 Å². The maximum absolute atomic E-state index is 12.9. The number of hydrogen-bond donors (Lipinski definition) is 1. The highest BCUT2D eigenvalue weighted by molar-refractivity contribution is 5.46. The summed E-state index contributed by atoms with van der Waals surface area (Å²) in [5, 5.41) is 0. The van der Waals surface area contributed by atoms with Gasteiger partial charge in [-0.1, -0.05) is 13.3 Å². The largest absolute Gasteiger partial charge is 0.369 e. The van der Waals surface area contributed by atoms with E-state index in [0.717, 1.165) is 51.3 Å². The van der Waals surface area contributed by atoms with Crippen LogP contribution < -0.4 is 10.6 Å². The summed E-state index contributed by atoms with van der Waals surface area (Å²) in [5.74, 6) is -0.169. The number of rotatable bonds is 6. The van der Waals surface area contributed by atoms with Crippen LogP contribution in [0.15, 0.2) is 24.3 Å². The zero-order valence-corrected chi connectivity index (χ0v) is 12.4. The van der Waals surface area contributed by atoms with E-state index in [-0.39, 0.29) is 5.82 Å². The molecule has 1 saturated heterocycles. The molecule has 0 aliphatic carbocycles. The van der Waals surface area contributed by atoms with Gasteiger partial charge >= 0.3 is 0 Å². The van der Waals surface area contributed by atoms with E-state index in [2.05, 4.69) is 16.7 Å². The van der Waals surface area contributed by atoms with Crippen LogP contribution in [0.4, 0.5) is 10.1 Å². The second-order valence-corrected chi connectivity index (χ2v) is 5.64. The first-order valence-electron chi connectivity index (χ1n) is 7.67. The van der Waals surface area contributed by atoms with Crippen LogP contribution >= 0.6 is 0 Å². The Morgan fingerprint density at radius 2 is 1.75 bits per heavy atom. The molecule has 112 valence electrons. The van der Waals surface area contributed by atoms with Gasteiger partial charge < -0.3 is 10.6 Å². The van der Waals surface area contributed by atoms with Crippen molar-refractivity contribution in [2.75, 3.05) is 37.6 Å². The lowest BCUT2D eigenvalue weighted by atomic mass is 10.1. The standard InChI is InChI=1S/C16H26FN3/c1-2-3-15(18)8-9-19-10-12-20(13-11-19)16-6-4-14(17)5-7-16/h4-7,15H,2-3,8-13,18H2,1H3. The summed E-state index contributed by atoms with van der Waals surface area (Å²) in [7, 11) is 0. The van der Waals surface area contributed by atoms with Gasteiger partial charge in [0.2, 0.25) is 0 Å². The van der Waals surface area contributed by atoms with Crippen LogP contribution in [0.5, 0.6) is 0 Å². The van der Waals surface area contributed by atoms with Crippen molar-refractivity contribution in [2.24, 2.45) is 5.73 Å². The Labute approximate surface area is 121 Å². The molecule has 1 aromatic rings. The Bertz CT molecular complexity index is 385. The Balaban J connectivity index is 1.73. The topological polar surface area (TPSA) is 32.5 Å². The number of nitrogens with two attached hydrogens (primary N) is 1. The van der Waals surface area contributed by atoms with Crippen molar-refractivity contribution in [3.05, 3.63) is 30.1 Å². The van der Waals surface area contributed by atoms with E-state index in [4.69, 9.17) is 5.73 Å². The van der Waals surface area contributed by atoms with Crippen molar-refractivity contribution in [2.45, 2.75) is 32.2 Å². The van der Waals surface area contributed by atoms with Gasteiger partial charge in [0.05, 0.1) is 0 Å². The third-order valence-electron chi connectivity index (χ3n) is 4.04. The minimum Gasteiger partial charge on any atom is -0.369 e. The minimum absolute atomic E-state index is 0.169. The normalized spacial score (nSPS) is 18.2. The first-order valence-corrected chi connectivity index (χ1v) is 7.67. The van der Waals surface area contributed by atoms with E-state index in [9.17, 15) is 4.39 Å². The fourth-order valence-corrected chi connectivity index (χ4v) is 2.75. The number of anilines is 1. The summed E-state index contributed by atoms with van der Waals surface area (Å²) in [6, 6.07) is 7.14. The van der Waals surface area contributed by atoms with Gasteiger partial charge in [-0.25, -0.2) is 4.39 Å². The van der Waals surface area contributed by atoms with Crippen LogP contribution in [0.1, 0.15) is 26.2 Å². The molecule has 1 atom stereocenters. The highest BCUT2D eigenvalue weighted by Crippen LogP contribution is 2.17. The molecule has 1 unspecified atom stereocenters. The summed E-state index contributed by atoms with van der Waals surface area (Å²) in [6.45, 7) is 7.43. The van der Waals surface area contributed by atoms with Gasteiger partial charge in [-0.05, 0) is 43.7 Å². The van der Waals surface area contributed by atoms with Crippen LogP contribution in [-0.2, 0) is 0 Å². The zero-order valence-electron chi connectivity index (χ0n) is 12.4. The first kappa shape index (κ1) is 15.3. The SMILES string of the molecule is CCCC(N)CCN1CCN(c2ccc(F)cc2)CC1. The quantitative estimate of drug-likeness (QED) is 0.868. The molecular weight excluding hydrogens is 253 g/mol. The van der Waals surface area contributed by atoms with Crippen LogP contribution in [0, 0.1) is 5.82 Å². The van der Waals surface area contributed by atoms with Gasteiger partial charge in [0, 0.05) is 37.9 Å². The first-order chi connectivity index (χ1) is 9.69. The van der Waals surface area contributed by atoms with Gasteiger partial charge in [0.15, 0.2) is 0 Å². The van der Waals surface area contributed by atoms with Crippen molar-refractivity contribution in [3.8, 4) is 0 Å². The molecule has 4 heteroatoms. The van der Waals surface area contributed by atoms with E-state index in [1.165, 1.54) is 18.6 Å². The maximum Gasteiger partial charge on any atom is 0.123 e. The molecule has 0 aromatic heterocycles. The summed E-state index contributed by atoms with van der Waals surface area (Å²) >= 11 is 0. The molecule has 0 saturated carbocycles. The number of halogens is 1. The molecular formula is C16H26FN3. The molecule has 0 amide bonds. The van der Waals surface area contributed by atoms with Crippen LogP contribution in [-0.4, -0.2) is 43.7 Å². The zero-order chi connectivity index (χ0) is 14.4. The second-order valence-electron chi connectivity index (χ2n) is 5.64. The number of hydrogen-bond acceptors (Lipinski definition) is 3. The predicted molar refractivity (Wildman–Crippen MR) is 82.6 cm³/mol. The smallest absolute Gasteiger partial charge is 0.123 e. The van der Waals surface area contributed by atoms with Gasteiger partial charge in [-0.15, -0.1) is 0 Å². The van der Waals surface area contributed by atoms with Crippen molar-refractivity contribution >= 4 is 5.69 Å². The summed E-state index contributed by atoms with van der Waals surface area (Å²) in [6.07, 6.45) is 3.37. The van der Waals surface area contributed by atoms with E-state index in [1.54, 1.807) is 0 Å². The van der Waals surface area contributed by atoms with Gasteiger partial charge in [-0.3, -0.25) is 4.90 Å². The second kappa shape index (κ2) is 7.60. The molecule has 1 aliphatic rings. The lowest BCUT2D eigenvalue weighted by Crippen LogP contribution is -2.47. The molecule has 1 aromatic carbocycles. The molecule has 3 nitrogen and oxygen atoms in total. The molecule has 20 heavy (non-hydrogen) atoms. The van der Waals surface area contributed by atoms with Crippen molar-refractivity contribution < 1.29 is 4.39 Å². The lowest BCUT2D eigenvalue weighted by Gasteiger charge is -2.36. The molecule has 0 spiro atoms. The number of benzene rings is 1. The highest BCUT2D eigenvalue weighted by atomic mass is 19.1. The monoisotopic (exact) mass is 279 g/mol. The number of piperazine rings is 1. The lowest BCUT2D eigenvalue weighted by molar-refractivity contribution is 0.246. The van der Waals surface area contributed by atoms with Gasteiger partial charge in [-0.2, -0.15) is 0 Å². The summed E-state index contributed by atoms with van der Waals surface area (Å²) in [5.41, 5.74) is 7.18. The van der Waals surface area contributed by atoms with Crippen LogP contribution in [0.25, 0.3) is 0 Å². The van der Waals surface area contributed by atoms with E-state index < -0.39 is 0 Å². The Hall–Kier alpha value is -1.13. The average molecular weight is 279 g/mol. The molecule has 0 bridgehead atoms. The molecule has 2 N–H and O–H groups in total. The van der Waals surface area contributed by atoms with Crippen LogP contribution in [0.2, 0.25) is 0 Å². The average Bonchev–Trinajstić information content (AvgIpc) is 2.47. The van der Waals surface area contributed by atoms with Crippen molar-refractivity contribution in [1.82, 2.24) is 4.90 Å². The van der Waals surface area contributed by atoms with Crippen molar-refractivity contribution in [1.29, 1.82) is 0 Å². The molecule has 2 rings (SSSR count). The van der Waals surface area contributed by atoms with E-state index in [1.807, 2.05) is 12.1 Å². The number of nitrogens with zero attached hydrogens (tertiary/aromatic N) is 2. The van der Waals surface area contributed by atoms with Gasteiger partial charge in [0.25, 0.3) is 0 Å². The Morgan fingerprint density at radius 1 is 1.10 bits per heavy atom. The van der Waals surface area contributed by atoms with Crippen LogP contribution in [0.3, 0.4) is 0 Å². The molecule has 1 heterocycles. The van der Waals surface area contributed by atoms with Crippen molar-refractivity contribution in [3.63, 3.8) is 0 Å². The third-order valence-corrected chi connectivity index (χ3v) is 4.04. The predicted octanol–water partition coefficient (Wildman–Crippen LogP) is 2.47. The maximum atomic E-state index is 12.9. The fraction of sp³-hybridized carbons (Fsp3) is 0.625.